The SMILES string of the molecule is COc1cccc(F)c1C(C)Nc1nc(N)c2cnn(C)c2n1. The number of ether oxygens (including phenoxy) is 1. The predicted octanol–water partition coefficient (Wildman–Crippen LogP) is 2.27. The molecule has 0 saturated carbocycles. The number of anilines is 2. The van der Waals surface area contributed by atoms with E-state index in [1.165, 1.54) is 13.2 Å². The highest BCUT2D eigenvalue weighted by molar-refractivity contribution is 5.86. The van der Waals surface area contributed by atoms with Gasteiger partial charge in [-0.15, -0.1) is 0 Å². The molecule has 0 aliphatic rings. The van der Waals surface area contributed by atoms with E-state index in [4.69, 9.17) is 10.5 Å². The lowest BCUT2D eigenvalue weighted by atomic mass is 10.1. The standard InChI is InChI=1S/C15H17FN6O/c1-8(12-10(16)5-4-6-11(12)23-3)19-15-20-13(17)9-7-18-22(2)14(9)21-15/h4-8H,1-3H3,(H3,17,19,20,21). The molecule has 8 heteroatoms. The van der Waals surface area contributed by atoms with Crippen molar-refractivity contribution in [3.05, 3.63) is 35.8 Å². The molecule has 2 aromatic heterocycles. The van der Waals surface area contributed by atoms with Gasteiger partial charge in [0.1, 0.15) is 17.4 Å². The number of nitrogen functional groups attached to an aromatic ring is 1. The summed E-state index contributed by atoms with van der Waals surface area (Å²) in [6, 6.07) is 4.28. The molecule has 0 amide bonds. The van der Waals surface area contributed by atoms with Gasteiger partial charge in [0.2, 0.25) is 5.95 Å². The number of hydrogen-bond donors (Lipinski definition) is 2. The topological polar surface area (TPSA) is 90.9 Å². The summed E-state index contributed by atoms with van der Waals surface area (Å²) in [5.41, 5.74) is 6.94. The van der Waals surface area contributed by atoms with Crippen molar-refractivity contribution in [2.75, 3.05) is 18.2 Å². The van der Waals surface area contributed by atoms with Crippen molar-refractivity contribution in [2.45, 2.75) is 13.0 Å². The van der Waals surface area contributed by atoms with Crippen LogP contribution in [0.1, 0.15) is 18.5 Å². The zero-order valence-electron chi connectivity index (χ0n) is 13.0. The van der Waals surface area contributed by atoms with Gasteiger partial charge in [0.05, 0.1) is 30.3 Å². The number of fused-ring (bicyclic) bond motifs is 1. The Morgan fingerprint density at radius 3 is 2.87 bits per heavy atom. The molecule has 3 aromatic rings. The van der Waals surface area contributed by atoms with Crippen LogP contribution in [0.5, 0.6) is 5.75 Å². The van der Waals surface area contributed by atoms with Crippen LogP contribution in [0, 0.1) is 5.82 Å². The first-order valence-corrected chi connectivity index (χ1v) is 7.05. The second-order valence-corrected chi connectivity index (χ2v) is 5.16. The fourth-order valence-corrected chi connectivity index (χ4v) is 2.49. The molecule has 0 radical (unpaired) electrons. The van der Waals surface area contributed by atoms with Gasteiger partial charge in [-0.25, -0.2) is 4.39 Å². The van der Waals surface area contributed by atoms with Crippen LogP contribution >= 0.6 is 0 Å². The number of nitrogens with zero attached hydrogens (tertiary/aromatic N) is 4. The number of aromatic nitrogens is 4. The van der Waals surface area contributed by atoms with Gasteiger partial charge in [-0.2, -0.15) is 15.1 Å². The van der Waals surface area contributed by atoms with Crippen LogP contribution < -0.4 is 15.8 Å². The van der Waals surface area contributed by atoms with E-state index in [0.29, 0.717) is 34.1 Å². The highest BCUT2D eigenvalue weighted by Crippen LogP contribution is 2.30. The minimum absolute atomic E-state index is 0.302. The number of methoxy groups -OCH3 is 1. The minimum Gasteiger partial charge on any atom is -0.496 e. The monoisotopic (exact) mass is 316 g/mol. The summed E-state index contributed by atoms with van der Waals surface area (Å²) < 4.78 is 21.0. The van der Waals surface area contributed by atoms with Gasteiger partial charge in [-0.05, 0) is 19.1 Å². The summed E-state index contributed by atoms with van der Waals surface area (Å²) in [4.78, 5) is 8.59. The molecule has 0 fully saturated rings. The molecule has 0 aliphatic heterocycles. The zero-order chi connectivity index (χ0) is 16.6. The van der Waals surface area contributed by atoms with Crippen LogP contribution in [0.25, 0.3) is 11.0 Å². The van der Waals surface area contributed by atoms with Crippen LogP contribution in [0.2, 0.25) is 0 Å². The summed E-state index contributed by atoms with van der Waals surface area (Å²) in [5.74, 6) is 0.716. The van der Waals surface area contributed by atoms with Crippen LogP contribution in [0.4, 0.5) is 16.2 Å². The molecule has 1 atom stereocenters. The number of rotatable bonds is 4. The molecule has 7 nitrogen and oxygen atoms in total. The van der Waals surface area contributed by atoms with Crippen LogP contribution in [-0.4, -0.2) is 26.9 Å². The molecule has 3 rings (SSSR count). The maximum atomic E-state index is 14.1. The van der Waals surface area contributed by atoms with Crippen molar-refractivity contribution in [1.29, 1.82) is 0 Å². The molecule has 1 unspecified atom stereocenters. The van der Waals surface area contributed by atoms with E-state index in [1.807, 2.05) is 0 Å². The quantitative estimate of drug-likeness (QED) is 0.767. The Morgan fingerprint density at radius 1 is 1.35 bits per heavy atom. The average molecular weight is 316 g/mol. The Kier molecular flexibility index (Phi) is 3.73. The zero-order valence-corrected chi connectivity index (χ0v) is 13.0. The van der Waals surface area contributed by atoms with Gasteiger partial charge in [0.25, 0.3) is 0 Å². The molecular formula is C15H17FN6O. The van der Waals surface area contributed by atoms with Gasteiger partial charge >= 0.3 is 0 Å². The fraction of sp³-hybridized carbons (Fsp3) is 0.267. The van der Waals surface area contributed by atoms with Crippen LogP contribution in [-0.2, 0) is 7.05 Å². The lowest BCUT2D eigenvalue weighted by Crippen LogP contribution is -2.13. The van der Waals surface area contributed by atoms with Gasteiger partial charge in [0, 0.05) is 7.05 Å². The lowest BCUT2D eigenvalue weighted by molar-refractivity contribution is 0.402. The number of nitrogens with two attached hydrogens (primary N) is 1. The molecule has 1 aromatic carbocycles. The summed E-state index contributed by atoms with van der Waals surface area (Å²) in [7, 11) is 3.27. The Morgan fingerprint density at radius 2 is 2.13 bits per heavy atom. The van der Waals surface area contributed by atoms with Crippen molar-refractivity contribution in [1.82, 2.24) is 19.7 Å². The largest absolute Gasteiger partial charge is 0.496 e. The number of halogens is 1. The predicted molar refractivity (Wildman–Crippen MR) is 85.7 cm³/mol. The third-order valence-corrected chi connectivity index (χ3v) is 3.63. The molecule has 0 saturated heterocycles. The molecule has 0 spiro atoms. The third-order valence-electron chi connectivity index (χ3n) is 3.63. The van der Waals surface area contributed by atoms with E-state index in [1.54, 1.807) is 37.0 Å². The second-order valence-electron chi connectivity index (χ2n) is 5.16. The van der Waals surface area contributed by atoms with Gasteiger partial charge in [-0.3, -0.25) is 4.68 Å². The molecule has 120 valence electrons. The maximum absolute atomic E-state index is 14.1. The van der Waals surface area contributed by atoms with Crippen molar-refractivity contribution in [2.24, 2.45) is 7.05 Å². The van der Waals surface area contributed by atoms with Crippen molar-refractivity contribution >= 4 is 22.8 Å². The average Bonchev–Trinajstić information content (AvgIpc) is 2.88. The Labute approximate surface area is 132 Å². The maximum Gasteiger partial charge on any atom is 0.227 e. The van der Waals surface area contributed by atoms with E-state index < -0.39 is 6.04 Å². The van der Waals surface area contributed by atoms with E-state index >= 15 is 0 Å². The first-order valence-electron chi connectivity index (χ1n) is 7.05. The number of nitrogens with one attached hydrogen (secondary N) is 1. The first-order chi connectivity index (χ1) is 11.0. The highest BCUT2D eigenvalue weighted by Gasteiger charge is 2.18. The number of hydrogen-bond acceptors (Lipinski definition) is 6. The molecule has 3 N–H and O–H groups in total. The van der Waals surface area contributed by atoms with E-state index in [-0.39, 0.29) is 5.82 Å². The van der Waals surface area contributed by atoms with Crippen molar-refractivity contribution in [3.8, 4) is 5.75 Å². The Bertz CT molecular complexity index is 863. The Balaban J connectivity index is 1.97. The van der Waals surface area contributed by atoms with Crippen LogP contribution in [0.15, 0.2) is 24.4 Å². The lowest BCUT2D eigenvalue weighted by Gasteiger charge is -2.18. The molecular weight excluding hydrogens is 299 g/mol. The van der Waals surface area contributed by atoms with Crippen LogP contribution in [0.3, 0.4) is 0 Å². The summed E-state index contributed by atoms with van der Waals surface area (Å²) in [6.45, 7) is 1.80. The van der Waals surface area contributed by atoms with Crippen molar-refractivity contribution < 1.29 is 9.13 Å². The highest BCUT2D eigenvalue weighted by atomic mass is 19.1. The number of benzene rings is 1. The first kappa shape index (κ1) is 15.0. The number of aryl methyl sites for hydroxylation is 1. The second kappa shape index (κ2) is 5.71. The molecule has 0 aliphatic carbocycles. The van der Waals surface area contributed by atoms with Gasteiger partial charge < -0.3 is 15.8 Å². The fourth-order valence-electron chi connectivity index (χ4n) is 2.49. The van der Waals surface area contributed by atoms with E-state index in [0.717, 1.165) is 0 Å². The molecule has 0 bridgehead atoms. The molecule has 2 heterocycles. The van der Waals surface area contributed by atoms with E-state index in [9.17, 15) is 4.39 Å². The minimum atomic E-state index is -0.406. The summed E-state index contributed by atoms with van der Waals surface area (Å²) >= 11 is 0. The van der Waals surface area contributed by atoms with Gasteiger partial charge in [0.15, 0.2) is 5.65 Å². The summed E-state index contributed by atoms with van der Waals surface area (Å²) in [5, 5.41) is 7.84. The normalized spacial score (nSPS) is 12.3. The molecule has 23 heavy (non-hydrogen) atoms. The smallest absolute Gasteiger partial charge is 0.227 e. The Hall–Kier alpha value is -2.90. The van der Waals surface area contributed by atoms with Gasteiger partial charge in [-0.1, -0.05) is 6.07 Å². The van der Waals surface area contributed by atoms with E-state index in [2.05, 4.69) is 20.4 Å². The third kappa shape index (κ3) is 2.63. The summed E-state index contributed by atoms with van der Waals surface area (Å²) in [6.07, 6.45) is 1.61. The van der Waals surface area contributed by atoms with Crippen molar-refractivity contribution in [3.63, 3.8) is 0 Å².